The van der Waals surface area contributed by atoms with E-state index in [2.05, 4.69) is 20.8 Å². The molecule has 3 saturated carbocycles. The van der Waals surface area contributed by atoms with Crippen molar-refractivity contribution in [2.45, 2.75) is 71.3 Å². The predicted molar refractivity (Wildman–Crippen MR) is 87.3 cm³/mol. The summed E-state index contributed by atoms with van der Waals surface area (Å²) in [6, 6.07) is 0. The van der Waals surface area contributed by atoms with Gasteiger partial charge in [-0.1, -0.05) is 19.4 Å². The van der Waals surface area contributed by atoms with Crippen molar-refractivity contribution in [2.75, 3.05) is 0 Å². The Balaban J connectivity index is 1.67. The fourth-order valence-electron chi connectivity index (χ4n) is 6.86. The van der Waals surface area contributed by atoms with Gasteiger partial charge >= 0.3 is 0 Å². The van der Waals surface area contributed by atoms with Crippen molar-refractivity contribution in [1.29, 1.82) is 0 Å². The molecule has 0 aliphatic heterocycles. The number of ketones is 1. The SMILES string of the molecule is C[C@@H]1CC(=O)C=C2CC[C@@H]3[C@H](CC[C@@]4(C)[C@H]3CC[C@@]4(C)O)[C@H]21. The highest BCUT2D eigenvalue weighted by molar-refractivity contribution is 5.91. The monoisotopic (exact) mass is 302 g/mol. The van der Waals surface area contributed by atoms with Crippen molar-refractivity contribution in [3.8, 4) is 0 Å². The van der Waals surface area contributed by atoms with Crippen molar-refractivity contribution < 1.29 is 9.90 Å². The molecule has 4 aliphatic rings. The molecule has 0 amide bonds. The highest BCUT2D eigenvalue weighted by Crippen LogP contribution is 2.65. The average Bonchev–Trinajstić information content (AvgIpc) is 2.68. The number of carbonyl (C=O) groups is 1. The predicted octanol–water partition coefficient (Wildman–Crippen LogP) is 4.13. The Morgan fingerprint density at radius 1 is 1.14 bits per heavy atom. The van der Waals surface area contributed by atoms with Gasteiger partial charge in [0.05, 0.1) is 5.60 Å². The minimum absolute atomic E-state index is 0.114. The lowest BCUT2D eigenvalue weighted by atomic mass is 9.49. The van der Waals surface area contributed by atoms with Gasteiger partial charge in [-0.25, -0.2) is 0 Å². The van der Waals surface area contributed by atoms with E-state index in [9.17, 15) is 9.90 Å². The molecule has 1 N–H and O–H groups in total. The maximum atomic E-state index is 11.9. The molecule has 0 unspecified atom stereocenters. The normalized spacial score (nSPS) is 54.3. The van der Waals surface area contributed by atoms with Crippen LogP contribution in [0.2, 0.25) is 0 Å². The van der Waals surface area contributed by atoms with Gasteiger partial charge in [-0.3, -0.25) is 4.79 Å². The van der Waals surface area contributed by atoms with Crippen LogP contribution in [0.3, 0.4) is 0 Å². The standard InChI is InChI=1S/C20H30O2/c1-12-10-14(21)11-13-4-5-15-16(18(12)13)6-8-19(2)17(15)7-9-20(19,3)22/h11-12,15-18,22H,4-10H2,1-3H3/t12-,15-,16+,17+,18+,19+,20-/m1/s1. The summed E-state index contributed by atoms with van der Waals surface area (Å²) >= 11 is 0. The minimum atomic E-state index is -0.479. The molecule has 2 heteroatoms. The lowest BCUT2D eigenvalue weighted by Gasteiger charge is -2.56. The average molecular weight is 302 g/mol. The van der Waals surface area contributed by atoms with Gasteiger partial charge in [-0.15, -0.1) is 0 Å². The van der Waals surface area contributed by atoms with Crippen LogP contribution in [0, 0.1) is 35.0 Å². The number of hydrogen-bond acceptors (Lipinski definition) is 2. The summed E-state index contributed by atoms with van der Waals surface area (Å²) in [6.07, 6.45) is 9.67. The molecule has 22 heavy (non-hydrogen) atoms. The van der Waals surface area contributed by atoms with Crippen LogP contribution in [0.25, 0.3) is 0 Å². The van der Waals surface area contributed by atoms with Gasteiger partial charge in [0, 0.05) is 6.42 Å². The van der Waals surface area contributed by atoms with Crippen LogP contribution in [0.1, 0.15) is 65.7 Å². The Hall–Kier alpha value is -0.630. The molecular weight excluding hydrogens is 272 g/mol. The van der Waals surface area contributed by atoms with E-state index in [4.69, 9.17) is 0 Å². The molecule has 122 valence electrons. The van der Waals surface area contributed by atoms with Crippen LogP contribution >= 0.6 is 0 Å². The zero-order chi connectivity index (χ0) is 15.7. The summed E-state index contributed by atoms with van der Waals surface area (Å²) in [5, 5.41) is 10.9. The fourth-order valence-corrected chi connectivity index (χ4v) is 6.86. The molecule has 0 bridgehead atoms. The molecule has 0 aromatic heterocycles. The van der Waals surface area contributed by atoms with Crippen LogP contribution in [0.4, 0.5) is 0 Å². The van der Waals surface area contributed by atoms with Crippen LogP contribution in [-0.4, -0.2) is 16.5 Å². The molecule has 3 fully saturated rings. The van der Waals surface area contributed by atoms with Crippen molar-refractivity contribution in [3.63, 3.8) is 0 Å². The van der Waals surface area contributed by atoms with Gasteiger partial charge in [0.25, 0.3) is 0 Å². The fraction of sp³-hybridized carbons (Fsp3) is 0.850. The van der Waals surface area contributed by atoms with Crippen molar-refractivity contribution in [3.05, 3.63) is 11.6 Å². The highest BCUT2D eigenvalue weighted by atomic mass is 16.3. The topological polar surface area (TPSA) is 37.3 Å². The number of rotatable bonds is 0. The third kappa shape index (κ3) is 1.85. The van der Waals surface area contributed by atoms with Crippen LogP contribution in [0.5, 0.6) is 0 Å². The van der Waals surface area contributed by atoms with Gasteiger partial charge < -0.3 is 5.11 Å². The third-order valence-corrected chi connectivity index (χ3v) is 8.19. The first kappa shape index (κ1) is 14.9. The molecule has 0 saturated heterocycles. The third-order valence-electron chi connectivity index (χ3n) is 8.19. The van der Waals surface area contributed by atoms with Crippen LogP contribution < -0.4 is 0 Å². The Morgan fingerprint density at radius 3 is 2.68 bits per heavy atom. The summed E-state index contributed by atoms with van der Waals surface area (Å²) in [6.45, 7) is 6.71. The molecule has 4 rings (SSSR count). The Kier molecular flexibility index (Phi) is 3.18. The number of hydrogen-bond donors (Lipinski definition) is 1. The van der Waals surface area contributed by atoms with E-state index in [0.717, 1.165) is 37.5 Å². The smallest absolute Gasteiger partial charge is 0.155 e. The molecule has 4 aliphatic carbocycles. The van der Waals surface area contributed by atoms with E-state index in [1.54, 1.807) is 0 Å². The minimum Gasteiger partial charge on any atom is -0.390 e. The van der Waals surface area contributed by atoms with E-state index in [0.29, 0.717) is 23.5 Å². The Morgan fingerprint density at radius 2 is 1.91 bits per heavy atom. The number of allylic oxidation sites excluding steroid dienone is 1. The van der Waals surface area contributed by atoms with E-state index in [-0.39, 0.29) is 5.41 Å². The maximum Gasteiger partial charge on any atom is 0.155 e. The molecule has 0 aromatic rings. The summed E-state index contributed by atoms with van der Waals surface area (Å²) in [7, 11) is 0. The van der Waals surface area contributed by atoms with Crippen molar-refractivity contribution in [2.24, 2.45) is 35.0 Å². The lowest BCUT2D eigenvalue weighted by molar-refractivity contribution is -0.120. The molecule has 0 radical (unpaired) electrons. The second kappa shape index (κ2) is 4.69. The van der Waals surface area contributed by atoms with Gasteiger partial charge in [-0.2, -0.15) is 0 Å². The molecule has 0 spiro atoms. The summed E-state index contributed by atoms with van der Waals surface area (Å²) < 4.78 is 0. The van der Waals surface area contributed by atoms with E-state index >= 15 is 0 Å². The summed E-state index contributed by atoms with van der Waals surface area (Å²) in [5.41, 5.74) is 1.09. The van der Waals surface area contributed by atoms with Gasteiger partial charge in [0.1, 0.15) is 0 Å². The number of carbonyl (C=O) groups excluding carboxylic acids is 1. The summed E-state index contributed by atoms with van der Waals surface area (Å²) in [5.74, 6) is 3.73. The molecule has 0 heterocycles. The van der Waals surface area contributed by atoms with E-state index < -0.39 is 5.60 Å². The van der Waals surface area contributed by atoms with Gasteiger partial charge in [0.2, 0.25) is 0 Å². The van der Waals surface area contributed by atoms with Crippen LogP contribution in [0.15, 0.2) is 11.6 Å². The molecule has 0 aromatic carbocycles. The number of fused-ring (bicyclic) bond motifs is 5. The highest BCUT2D eigenvalue weighted by Gasteiger charge is 2.60. The molecule has 7 atom stereocenters. The molecular formula is C20H30O2. The number of aliphatic hydroxyl groups is 1. The second-order valence-electron chi connectivity index (χ2n) is 9.13. The van der Waals surface area contributed by atoms with Gasteiger partial charge in [0.15, 0.2) is 5.78 Å². The molecule has 2 nitrogen and oxygen atoms in total. The van der Waals surface area contributed by atoms with Crippen molar-refractivity contribution >= 4 is 5.78 Å². The Labute approximate surface area is 134 Å². The second-order valence-corrected chi connectivity index (χ2v) is 9.13. The van der Waals surface area contributed by atoms with Gasteiger partial charge in [-0.05, 0) is 86.5 Å². The first-order valence-electron chi connectivity index (χ1n) is 9.29. The quantitative estimate of drug-likeness (QED) is 0.730. The summed E-state index contributed by atoms with van der Waals surface area (Å²) in [4.78, 5) is 11.9. The first-order valence-corrected chi connectivity index (χ1v) is 9.29. The zero-order valence-corrected chi connectivity index (χ0v) is 14.3. The lowest BCUT2D eigenvalue weighted by Crippen LogP contribution is -2.52. The largest absolute Gasteiger partial charge is 0.390 e. The van der Waals surface area contributed by atoms with Crippen molar-refractivity contribution in [1.82, 2.24) is 0 Å². The van der Waals surface area contributed by atoms with Crippen LogP contribution in [-0.2, 0) is 4.79 Å². The zero-order valence-electron chi connectivity index (χ0n) is 14.3. The maximum absolute atomic E-state index is 11.9. The van der Waals surface area contributed by atoms with E-state index in [1.165, 1.54) is 24.8 Å². The Bertz CT molecular complexity index is 532. The first-order chi connectivity index (χ1) is 10.3. The van der Waals surface area contributed by atoms with E-state index in [1.807, 2.05) is 6.08 Å².